The maximum atomic E-state index is 13.0. The maximum absolute atomic E-state index is 13.0. The second kappa shape index (κ2) is 6.13. The minimum Gasteiger partial charge on any atom is -0.481 e. The number of benzene rings is 1. The second-order valence-corrected chi connectivity index (χ2v) is 5.39. The third-order valence-corrected chi connectivity index (χ3v) is 3.33. The Bertz CT molecular complexity index is 630. The number of carboxylic acid groups (broad SMARTS) is 1. The molecule has 1 N–H and O–H groups in total. The van der Waals surface area contributed by atoms with E-state index in [-0.39, 0.29) is 24.0 Å². The van der Waals surface area contributed by atoms with Crippen molar-refractivity contribution in [2.24, 2.45) is 5.92 Å². The van der Waals surface area contributed by atoms with Crippen LogP contribution in [0, 0.1) is 11.7 Å². The molecule has 20 heavy (non-hydrogen) atoms. The highest BCUT2D eigenvalue weighted by molar-refractivity contribution is 9.10. The first-order valence-electron chi connectivity index (χ1n) is 5.95. The van der Waals surface area contributed by atoms with E-state index in [1.165, 1.54) is 18.2 Å². The first-order valence-corrected chi connectivity index (χ1v) is 6.74. The van der Waals surface area contributed by atoms with Crippen molar-refractivity contribution in [3.63, 3.8) is 0 Å². The van der Waals surface area contributed by atoms with Gasteiger partial charge in [0, 0.05) is 17.3 Å². The quantitative estimate of drug-likeness (QED) is 0.902. The Morgan fingerprint density at radius 2 is 2.25 bits per heavy atom. The van der Waals surface area contributed by atoms with Gasteiger partial charge in [0.2, 0.25) is 11.8 Å². The summed E-state index contributed by atoms with van der Waals surface area (Å²) in [6.07, 6.45) is 0.427. The van der Waals surface area contributed by atoms with Gasteiger partial charge in [0.25, 0.3) is 0 Å². The Morgan fingerprint density at radius 1 is 1.50 bits per heavy atom. The van der Waals surface area contributed by atoms with Gasteiger partial charge in [0.05, 0.1) is 5.56 Å². The minimum atomic E-state index is -0.862. The van der Waals surface area contributed by atoms with E-state index in [1.807, 2.05) is 0 Å². The van der Waals surface area contributed by atoms with E-state index < -0.39 is 5.97 Å². The first kappa shape index (κ1) is 14.6. The molecule has 0 aliphatic rings. The van der Waals surface area contributed by atoms with E-state index in [9.17, 15) is 9.18 Å². The number of aromatic nitrogens is 2. The van der Waals surface area contributed by atoms with Gasteiger partial charge in [-0.25, -0.2) is 4.39 Å². The third kappa shape index (κ3) is 3.63. The van der Waals surface area contributed by atoms with Crippen LogP contribution in [-0.2, 0) is 11.2 Å². The Labute approximate surface area is 123 Å². The Morgan fingerprint density at radius 3 is 2.90 bits per heavy atom. The van der Waals surface area contributed by atoms with Crippen molar-refractivity contribution in [1.82, 2.24) is 10.2 Å². The van der Waals surface area contributed by atoms with Crippen LogP contribution in [0.3, 0.4) is 0 Å². The molecule has 0 aliphatic heterocycles. The normalized spacial score (nSPS) is 12.3. The van der Waals surface area contributed by atoms with Gasteiger partial charge in [-0.2, -0.15) is 0 Å². The summed E-state index contributed by atoms with van der Waals surface area (Å²) in [5, 5.41) is 16.5. The van der Waals surface area contributed by atoms with Crippen LogP contribution in [-0.4, -0.2) is 21.3 Å². The summed E-state index contributed by atoms with van der Waals surface area (Å²) in [5.41, 5.74) is 0.594. The fourth-order valence-corrected chi connectivity index (χ4v) is 2.30. The monoisotopic (exact) mass is 342 g/mol. The van der Waals surface area contributed by atoms with Crippen LogP contribution < -0.4 is 0 Å². The number of rotatable bonds is 5. The zero-order valence-corrected chi connectivity index (χ0v) is 12.2. The molecule has 0 radical (unpaired) electrons. The molecular weight excluding hydrogens is 331 g/mol. The van der Waals surface area contributed by atoms with Crippen LogP contribution in [0.1, 0.15) is 19.2 Å². The van der Waals surface area contributed by atoms with Crippen molar-refractivity contribution in [3.05, 3.63) is 34.4 Å². The molecule has 1 heterocycles. The molecule has 106 valence electrons. The summed E-state index contributed by atoms with van der Waals surface area (Å²) in [7, 11) is 0. The molecular formula is C13H12BrFN2O3. The molecule has 5 nitrogen and oxygen atoms in total. The summed E-state index contributed by atoms with van der Waals surface area (Å²) >= 11 is 3.23. The third-order valence-electron chi connectivity index (χ3n) is 2.67. The highest BCUT2D eigenvalue weighted by Crippen LogP contribution is 2.28. The highest BCUT2D eigenvalue weighted by Gasteiger charge is 2.15. The SMILES string of the molecule is CC(CC(=O)O)Cc1nnc(-c2ccc(F)cc2Br)o1. The molecule has 1 aromatic heterocycles. The van der Waals surface area contributed by atoms with E-state index in [2.05, 4.69) is 26.1 Å². The Hall–Kier alpha value is -1.76. The van der Waals surface area contributed by atoms with Gasteiger partial charge in [-0.05, 0) is 40.0 Å². The van der Waals surface area contributed by atoms with Gasteiger partial charge < -0.3 is 9.52 Å². The standard InChI is InChI=1S/C13H12BrFN2O3/c1-7(5-12(18)19)4-11-16-17-13(20-11)9-3-2-8(15)6-10(9)14/h2-3,6-7H,4-5H2,1H3,(H,18,19). The van der Waals surface area contributed by atoms with Crippen molar-refractivity contribution in [2.45, 2.75) is 19.8 Å². The lowest BCUT2D eigenvalue weighted by molar-refractivity contribution is -0.137. The fraction of sp³-hybridized carbons (Fsp3) is 0.308. The molecule has 0 aliphatic carbocycles. The maximum Gasteiger partial charge on any atom is 0.303 e. The number of aliphatic carboxylic acids is 1. The van der Waals surface area contributed by atoms with Gasteiger partial charge >= 0.3 is 5.97 Å². The molecule has 7 heteroatoms. The lowest BCUT2D eigenvalue weighted by Gasteiger charge is -2.03. The van der Waals surface area contributed by atoms with Gasteiger partial charge in [-0.1, -0.05) is 6.92 Å². The smallest absolute Gasteiger partial charge is 0.303 e. The Kier molecular flexibility index (Phi) is 4.49. The van der Waals surface area contributed by atoms with E-state index in [4.69, 9.17) is 9.52 Å². The number of nitrogens with zero attached hydrogens (tertiary/aromatic N) is 2. The summed E-state index contributed by atoms with van der Waals surface area (Å²) in [4.78, 5) is 10.6. The van der Waals surface area contributed by atoms with Crippen molar-refractivity contribution in [2.75, 3.05) is 0 Å². The molecule has 1 unspecified atom stereocenters. The largest absolute Gasteiger partial charge is 0.481 e. The van der Waals surface area contributed by atoms with Gasteiger partial charge in [-0.15, -0.1) is 10.2 Å². The summed E-state index contributed by atoms with van der Waals surface area (Å²) < 4.78 is 19.0. The van der Waals surface area contributed by atoms with E-state index in [1.54, 1.807) is 6.92 Å². The van der Waals surface area contributed by atoms with Crippen molar-refractivity contribution in [1.29, 1.82) is 0 Å². The molecule has 1 aromatic carbocycles. The zero-order chi connectivity index (χ0) is 14.7. The number of hydrogen-bond donors (Lipinski definition) is 1. The molecule has 0 saturated carbocycles. The van der Waals surface area contributed by atoms with Crippen molar-refractivity contribution < 1.29 is 18.7 Å². The number of halogens is 2. The predicted octanol–water partition coefficient (Wildman–Crippen LogP) is 3.29. The number of carboxylic acids is 1. The molecule has 0 saturated heterocycles. The highest BCUT2D eigenvalue weighted by atomic mass is 79.9. The first-order chi connectivity index (χ1) is 9.45. The van der Waals surface area contributed by atoms with Gasteiger partial charge in [-0.3, -0.25) is 4.79 Å². The predicted molar refractivity (Wildman–Crippen MR) is 72.5 cm³/mol. The van der Waals surface area contributed by atoms with Gasteiger partial charge in [0.15, 0.2) is 0 Å². The average molecular weight is 343 g/mol. The van der Waals surface area contributed by atoms with E-state index >= 15 is 0 Å². The van der Waals surface area contributed by atoms with Crippen LogP contribution in [0.25, 0.3) is 11.5 Å². The summed E-state index contributed by atoms with van der Waals surface area (Å²) in [6, 6.07) is 4.15. The topological polar surface area (TPSA) is 76.2 Å². The van der Waals surface area contributed by atoms with Crippen LogP contribution in [0.4, 0.5) is 4.39 Å². The van der Waals surface area contributed by atoms with Crippen LogP contribution in [0.15, 0.2) is 27.1 Å². The molecule has 0 fully saturated rings. The lowest BCUT2D eigenvalue weighted by atomic mass is 10.0. The Balaban J connectivity index is 2.14. The second-order valence-electron chi connectivity index (χ2n) is 4.53. The molecule has 1 atom stereocenters. The average Bonchev–Trinajstić information content (AvgIpc) is 2.75. The van der Waals surface area contributed by atoms with E-state index in [0.717, 1.165) is 0 Å². The summed E-state index contributed by atoms with van der Waals surface area (Å²) in [6.45, 7) is 1.80. The zero-order valence-electron chi connectivity index (χ0n) is 10.6. The summed E-state index contributed by atoms with van der Waals surface area (Å²) in [5.74, 6) is -0.689. The van der Waals surface area contributed by atoms with Crippen LogP contribution in [0.2, 0.25) is 0 Å². The van der Waals surface area contributed by atoms with Crippen LogP contribution >= 0.6 is 15.9 Å². The number of carbonyl (C=O) groups is 1. The minimum absolute atomic E-state index is 0.0396. The molecule has 0 bridgehead atoms. The fourth-order valence-electron chi connectivity index (χ4n) is 1.78. The number of hydrogen-bond acceptors (Lipinski definition) is 4. The van der Waals surface area contributed by atoms with Gasteiger partial charge in [0.1, 0.15) is 5.82 Å². The molecule has 0 spiro atoms. The van der Waals surface area contributed by atoms with E-state index in [0.29, 0.717) is 22.3 Å². The molecule has 0 amide bonds. The molecule has 2 aromatic rings. The lowest BCUT2D eigenvalue weighted by Crippen LogP contribution is -2.07. The molecule has 2 rings (SSSR count). The van der Waals surface area contributed by atoms with Crippen molar-refractivity contribution in [3.8, 4) is 11.5 Å². The van der Waals surface area contributed by atoms with Crippen molar-refractivity contribution >= 4 is 21.9 Å². The van der Waals surface area contributed by atoms with Crippen LogP contribution in [0.5, 0.6) is 0 Å².